The molecule has 5 heteroatoms. The average molecular weight is 216 g/mol. The van der Waals surface area contributed by atoms with E-state index in [9.17, 15) is 22.8 Å². The highest BCUT2D eigenvalue weighted by molar-refractivity contribution is 5.91. The van der Waals surface area contributed by atoms with Crippen LogP contribution in [0.4, 0.5) is 13.2 Å². The molecule has 1 rings (SSSR count). The first-order valence-electron chi connectivity index (χ1n) is 4.13. The molecule has 0 radical (unpaired) electrons. The van der Waals surface area contributed by atoms with E-state index in [0.717, 1.165) is 0 Å². The Morgan fingerprint density at radius 3 is 2.33 bits per heavy atom. The maximum absolute atomic E-state index is 13.0. The molecular weight excluding hydrogens is 209 g/mol. The van der Waals surface area contributed by atoms with Crippen molar-refractivity contribution in [2.24, 2.45) is 0 Å². The first kappa shape index (κ1) is 11.4. The summed E-state index contributed by atoms with van der Waals surface area (Å²) >= 11 is 0. The van der Waals surface area contributed by atoms with Crippen LogP contribution >= 0.6 is 0 Å². The molecule has 0 spiro atoms. The summed E-state index contributed by atoms with van der Waals surface area (Å²) in [5, 5.41) is 0. The first-order valence-corrected chi connectivity index (χ1v) is 4.13. The molecule has 0 aliphatic heterocycles. The van der Waals surface area contributed by atoms with E-state index in [1.54, 1.807) is 0 Å². The van der Waals surface area contributed by atoms with Gasteiger partial charge >= 0.3 is 0 Å². The van der Waals surface area contributed by atoms with Crippen molar-refractivity contribution >= 4 is 12.1 Å². The maximum Gasteiger partial charge on any atom is 0.161 e. The van der Waals surface area contributed by atoms with Crippen molar-refractivity contribution in [3.8, 4) is 0 Å². The van der Waals surface area contributed by atoms with E-state index in [1.807, 2.05) is 0 Å². The summed E-state index contributed by atoms with van der Waals surface area (Å²) in [7, 11) is 0. The number of benzene rings is 1. The number of Topliss-reactive ketones (excluding diaryl/α,β-unsaturated/α-hetero) is 1. The quantitative estimate of drug-likeness (QED) is 0.437. The van der Waals surface area contributed by atoms with Crippen molar-refractivity contribution in [2.45, 2.75) is 12.8 Å². The Bertz CT molecular complexity index is 402. The molecule has 15 heavy (non-hydrogen) atoms. The highest BCUT2D eigenvalue weighted by Gasteiger charge is 2.12. The second-order valence-corrected chi connectivity index (χ2v) is 2.94. The van der Waals surface area contributed by atoms with Crippen LogP contribution < -0.4 is 0 Å². The zero-order valence-corrected chi connectivity index (χ0v) is 7.60. The zero-order chi connectivity index (χ0) is 11.4. The normalized spacial score (nSPS) is 10.1. The van der Waals surface area contributed by atoms with E-state index >= 15 is 0 Å². The van der Waals surface area contributed by atoms with Gasteiger partial charge in [-0.2, -0.15) is 0 Å². The van der Waals surface area contributed by atoms with Crippen LogP contribution in [0.5, 0.6) is 0 Å². The van der Waals surface area contributed by atoms with E-state index < -0.39 is 29.7 Å². The van der Waals surface area contributed by atoms with Crippen LogP contribution in [0.15, 0.2) is 12.1 Å². The lowest BCUT2D eigenvalue weighted by Crippen LogP contribution is -2.06. The molecule has 0 fully saturated rings. The fourth-order valence-corrected chi connectivity index (χ4v) is 1.08. The van der Waals surface area contributed by atoms with E-state index in [4.69, 9.17) is 0 Å². The number of aldehydes is 1. The molecule has 0 aromatic heterocycles. The Labute approximate surface area is 83.7 Å². The molecule has 2 nitrogen and oxygen atoms in total. The van der Waals surface area contributed by atoms with Gasteiger partial charge in [-0.15, -0.1) is 0 Å². The SMILES string of the molecule is O=CCC(=O)Cc1cc(F)c(F)cc1F. The summed E-state index contributed by atoms with van der Waals surface area (Å²) in [4.78, 5) is 20.9. The van der Waals surface area contributed by atoms with Crippen molar-refractivity contribution in [3.63, 3.8) is 0 Å². The summed E-state index contributed by atoms with van der Waals surface area (Å²) in [6.07, 6.45) is -0.402. The summed E-state index contributed by atoms with van der Waals surface area (Å²) in [5.41, 5.74) is -0.249. The third kappa shape index (κ3) is 2.90. The number of hydrogen-bond acceptors (Lipinski definition) is 2. The monoisotopic (exact) mass is 216 g/mol. The summed E-state index contributed by atoms with van der Waals surface area (Å²) < 4.78 is 38.1. The van der Waals surface area contributed by atoms with Crippen LogP contribution in [-0.2, 0) is 16.0 Å². The minimum atomic E-state index is -1.31. The largest absolute Gasteiger partial charge is 0.303 e. The van der Waals surface area contributed by atoms with Crippen LogP contribution in [0.25, 0.3) is 0 Å². The summed E-state index contributed by atoms with van der Waals surface area (Å²) in [5.74, 6) is -4.06. The molecule has 0 bridgehead atoms. The van der Waals surface area contributed by atoms with Crippen LogP contribution in [0.3, 0.4) is 0 Å². The molecule has 0 heterocycles. The molecule has 0 saturated carbocycles. The third-order valence-electron chi connectivity index (χ3n) is 1.79. The van der Waals surface area contributed by atoms with Gasteiger partial charge in [0.2, 0.25) is 0 Å². The van der Waals surface area contributed by atoms with Crippen LogP contribution in [-0.4, -0.2) is 12.1 Å². The van der Waals surface area contributed by atoms with Crippen molar-refractivity contribution in [1.82, 2.24) is 0 Å². The van der Waals surface area contributed by atoms with Gasteiger partial charge in [0.15, 0.2) is 11.6 Å². The van der Waals surface area contributed by atoms with Gasteiger partial charge in [0.1, 0.15) is 17.9 Å². The van der Waals surface area contributed by atoms with E-state index in [2.05, 4.69) is 0 Å². The van der Waals surface area contributed by atoms with Crippen molar-refractivity contribution in [3.05, 3.63) is 35.1 Å². The second kappa shape index (κ2) is 4.72. The number of halogens is 3. The number of ketones is 1. The van der Waals surface area contributed by atoms with E-state index in [-0.39, 0.29) is 12.0 Å². The van der Waals surface area contributed by atoms with Gasteiger partial charge < -0.3 is 4.79 Å². The van der Waals surface area contributed by atoms with Crippen LogP contribution in [0.1, 0.15) is 12.0 Å². The van der Waals surface area contributed by atoms with E-state index in [0.29, 0.717) is 18.4 Å². The Hall–Kier alpha value is -1.65. The second-order valence-electron chi connectivity index (χ2n) is 2.94. The Balaban J connectivity index is 2.90. The lowest BCUT2D eigenvalue weighted by atomic mass is 10.1. The molecule has 1 aromatic rings. The summed E-state index contributed by atoms with van der Waals surface area (Å²) in [6, 6.07) is 0.992. The van der Waals surface area contributed by atoms with Crippen LogP contribution in [0, 0.1) is 17.5 Å². The molecule has 0 unspecified atom stereocenters. The highest BCUT2D eigenvalue weighted by Crippen LogP contribution is 2.14. The minimum Gasteiger partial charge on any atom is -0.303 e. The zero-order valence-electron chi connectivity index (χ0n) is 7.60. The summed E-state index contributed by atoms with van der Waals surface area (Å²) in [6.45, 7) is 0. The fourth-order valence-electron chi connectivity index (χ4n) is 1.08. The van der Waals surface area contributed by atoms with E-state index in [1.165, 1.54) is 0 Å². The molecule has 80 valence electrons. The molecule has 1 aromatic carbocycles. The van der Waals surface area contributed by atoms with Crippen molar-refractivity contribution < 1.29 is 22.8 Å². The predicted molar refractivity (Wildman–Crippen MR) is 45.7 cm³/mol. The molecule has 0 aliphatic rings. The third-order valence-corrected chi connectivity index (χ3v) is 1.79. The first-order chi connectivity index (χ1) is 7.04. The Morgan fingerprint density at radius 1 is 1.13 bits per heavy atom. The molecule has 0 N–H and O–H groups in total. The predicted octanol–water partition coefficient (Wildman–Crippen LogP) is 1.80. The highest BCUT2D eigenvalue weighted by atomic mass is 19.2. The van der Waals surface area contributed by atoms with Gasteiger partial charge in [-0.3, -0.25) is 4.79 Å². The minimum absolute atomic E-state index is 0.249. The fraction of sp³-hybridized carbons (Fsp3) is 0.200. The topological polar surface area (TPSA) is 34.1 Å². The lowest BCUT2D eigenvalue weighted by Gasteiger charge is -2.02. The van der Waals surface area contributed by atoms with Crippen molar-refractivity contribution in [2.75, 3.05) is 0 Å². The molecular formula is C10H7F3O2. The molecule has 0 amide bonds. The van der Waals surface area contributed by atoms with Gasteiger partial charge in [0.05, 0.1) is 6.42 Å². The molecule has 0 aliphatic carbocycles. The van der Waals surface area contributed by atoms with Gasteiger partial charge in [0.25, 0.3) is 0 Å². The number of carbonyl (C=O) groups is 2. The van der Waals surface area contributed by atoms with Crippen molar-refractivity contribution in [1.29, 1.82) is 0 Å². The number of carbonyl (C=O) groups excluding carboxylic acids is 2. The average Bonchev–Trinajstić information content (AvgIpc) is 2.14. The smallest absolute Gasteiger partial charge is 0.161 e. The Kier molecular flexibility index (Phi) is 3.60. The number of hydrogen-bond donors (Lipinski definition) is 0. The van der Waals surface area contributed by atoms with Gasteiger partial charge in [-0.05, 0) is 11.6 Å². The van der Waals surface area contributed by atoms with Gasteiger partial charge in [-0.1, -0.05) is 0 Å². The van der Waals surface area contributed by atoms with Gasteiger partial charge in [0, 0.05) is 12.5 Å². The van der Waals surface area contributed by atoms with Gasteiger partial charge in [-0.25, -0.2) is 13.2 Å². The number of rotatable bonds is 4. The standard InChI is InChI=1S/C10H7F3O2/c11-8-5-10(13)9(12)4-6(8)3-7(15)1-2-14/h2,4-5H,1,3H2. The molecule has 0 atom stereocenters. The van der Waals surface area contributed by atoms with Crippen LogP contribution in [0.2, 0.25) is 0 Å². The maximum atomic E-state index is 13.0. The lowest BCUT2D eigenvalue weighted by molar-refractivity contribution is -0.121. The Morgan fingerprint density at radius 2 is 1.73 bits per heavy atom. The molecule has 0 saturated heterocycles.